The average Bonchev–Trinajstić information content (AvgIpc) is 3.22. The lowest BCUT2D eigenvalue weighted by molar-refractivity contribution is -0.870. The van der Waals surface area contributed by atoms with Crippen LogP contribution >= 0.6 is 7.82 Å². The van der Waals surface area contributed by atoms with Crippen LogP contribution in [0.1, 0.15) is 168 Å². The van der Waals surface area contributed by atoms with Crippen molar-refractivity contribution in [2.45, 2.75) is 180 Å². The quantitative estimate of drug-likeness (QED) is 0.0154. The second-order valence-electron chi connectivity index (χ2n) is 17.0. The first-order chi connectivity index (χ1) is 29.9. The van der Waals surface area contributed by atoms with Gasteiger partial charge in [0, 0.05) is 12.8 Å². The maximum Gasteiger partial charge on any atom is 0.472 e. The monoisotopic (exact) mass is 891 g/mol. The number of allylic oxidation sites excluding steroid dienone is 12. The Labute approximate surface area is 378 Å². The Morgan fingerprint density at radius 2 is 1.08 bits per heavy atom. The van der Waals surface area contributed by atoms with Crippen molar-refractivity contribution in [3.63, 3.8) is 0 Å². The van der Waals surface area contributed by atoms with Crippen LogP contribution in [-0.4, -0.2) is 86.1 Å². The van der Waals surface area contributed by atoms with Gasteiger partial charge in [-0.2, -0.15) is 0 Å². The molecule has 0 heterocycles. The Hall–Kier alpha value is -2.85. The third-order valence-electron chi connectivity index (χ3n) is 9.73. The van der Waals surface area contributed by atoms with E-state index in [-0.39, 0.29) is 26.1 Å². The van der Waals surface area contributed by atoms with Crippen molar-refractivity contribution >= 4 is 19.8 Å². The van der Waals surface area contributed by atoms with Crippen molar-refractivity contribution < 1.29 is 47.2 Å². The fourth-order valence-electron chi connectivity index (χ4n) is 5.92. The Morgan fingerprint density at radius 3 is 1.69 bits per heavy atom. The Bertz CT molecular complexity index is 1340. The van der Waals surface area contributed by atoms with Gasteiger partial charge in [-0.3, -0.25) is 18.6 Å². The van der Waals surface area contributed by atoms with Gasteiger partial charge in [0.2, 0.25) is 0 Å². The van der Waals surface area contributed by atoms with E-state index in [0.717, 1.165) is 64.2 Å². The van der Waals surface area contributed by atoms with E-state index in [2.05, 4.69) is 68.5 Å². The van der Waals surface area contributed by atoms with Crippen molar-refractivity contribution in [1.29, 1.82) is 0 Å². The maximum absolute atomic E-state index is 12.7. The van der Waals surface area contributed by atoms with Gasteiger partial charge in [0.25, 0.3) is 0 Å². The summed E-state index contributed by atoms with van der Waals surface area (Å²) in [5, 5.41) is 10.2. The first-order valence-electron chi connectivity index (χ1n) is 23.9. The van der Waals surface area contributed by atoms with Gasteiger partial charge in [-0.25, -0.2) is 4.57 Å². The molecule has 356 valence electrons. The van der Waals surface area contributed by atoms with E-state index in [4.69, 9.17) is 18.5 Å². The minimum absolute atomic E-state index is 0.00214. The number of esters is 2. The number of hydrogen-bond acceptors (Lipinski definition) is 8. The van der Waals surface area contributed by atoms with Crippen LogP contribution in [-0.2, 0) is 32.7 Å². The summed E-state index contributed by atoms with van der Waals surface area (Å²) in [6.45, 7) is 4.18. The van der Waals surface area contributed by atoms with E-state index < -0.39 is 38.6 Å². The molecule has 3 atom stereocenters. The minimum Gasteiger partial charge on any atom is -0.462 e. The van der Waals surface area contributed by atoms with Crippen LogP contribution < -0.4 is 0 Å². The number of likely N-dealkylation sites (N-methyl/N-ethyl adjacent to an activating group) is 1. The van der Waals surface area contributed by atoms with Crippen LogP contribution in [0.25, 0.3) is 0 Å². The summed E-state index contributed by atoms with van der Waals surface area (Å²) < 4.78 is 34.2. The second-order valence-corrected chi connectivity index (χ2v) is 18.4. The lowest BCUT2D eigenvalue weighted by Gasteiger charge is -2.24. The molecule has 2 N–H and O–H groups in total. The van der Waals surface area contributed by atoms with Gasteiger partial charge < -0.3 is 24.0 Å². The second kappa shape index (κ2) is 42.1. The molecule has 0 spiro atoms. The van der Waals surface area contributed by atoms with Crippen LogP contribution in [0.2, 0.25) is 0 Å². The topological polar surface area (TPSA) is 129 Å². The van der Waals surface area contributed by atoms with Gasteiger partial charge in [0.1, 0.15) is 19.8 Å². The smallest absolute Gasteiger partial charge is 0.462 e. The highest BCUT2D eigenvalue weighted by Gasteiger charge is 2.27. The van der Waals surface area contributed by atoms with Crippen molar-refractivity contribution in [3.8, 4) is 0 Å². The molecule has 0 amide bonds. The zero-order valence-corrected chi connectivity index (χ0v) is 40.6. The molecule has 0 saturated carbocycles. The number of aliphatic hydroxyl groups excluding tert-OH is 1. The van der Waals surface area contributed by atoms with Crippen LogP contribution in [0.15, 0.2) is 85.1 Å². The predicted octanol–water partition coefficient (Wildman–Crippen LogP) is 12.9. The maximum atomic E-state index is 12.7. The standard InChI is InChI=1S/C51H88NO9P/c1-6-8-10-12-14-16-17-18-19-20-21-22-23-24-25-26-28-30-34-39-43-51(55)61-49(47-60-62(56,57)59-45-44-52(3,4)5)46-58-50(54)42-38-35-31-33-37-41-48(53)40-36-32-29-27-15-13-11-9-7-2/h15-17,19-20,22-23,27,31-33,36-37,41,48-49,53H,6-14,18,21,24-26,28-30,34-35,38-40,42-47H2,1-5H3/p+1/b17-16-,20-19-,23-22-,27-15-,33-31+,36-32-,41-37-/t48?,49-/m1/s1. The van der Waals surface area contributed by atoms with Crippen LogP contribution in [0.5, 0.6) is 0 Å². The van der Waals surface area contributed by atoms with Crippen molar-refractivity contribution in [2.75, 3.05) is 47.5 Å². The SMILES string of the molecule is CCCCC/C=C\C/C=C\CC(O)/C=C\C=C\CCCC(=O)OC[C@H](COP(=O)(O)OCC[N+](C)(C)C)OC(=O)CCCCCCCC/C=C\C/C=C\C/C=C\CCCCCC. The molecule has 0 saturated heterocycles. The molecular weight excluding hydrogens is 802 g/mol. The summed E-state index contributed by atoms with van der Waals surface area (Å²) in [5.41, 5.74) is 0. The van der Waals surface area contributed by atoms with Crippen LogP contribution in [0, 0.1) is 0 Å². The van der Waals surface area contributed by atoms with Gasteiger partial charge in [-0.05, 0) is 83.5 Å². The highest BCUT2D eigenvalue weighted by molar-refractivity contribution is 7.47. The molecule has 0 aliphatic heterocycles. The molecule has 11 heteroatoms. The molecule has 0 rings (SSSR count). The predicted molar refractivity (Wildman–Crippen MR) is 258 cm³/mol. The Morgan fingerprint density at radius 1 is 0.581 bits per heavy atom. The third-order valence-corrected chi connectivity index (χ3v) is 10.7. The highest BCUT2D eigenvalue weighted by atomic mass is 31.2. The normalized spacial score (nSPS) is 14.8. The molecule has 62 heavy (non-hydrogen) atoms. The molecule has 0 aliphatic carbocycles. The lowest BCUT2D eigenvalue weighted by Crippen LogP contribution is -2.37. The molecule has 0 aliphatic rings. The van der Waals surface area contributed by atoms with Gasteiger partial charge in [0.05, 0.1) is 33.9 Å². The number of rotatable bonds is 42. The number of ether oxygens (including phenoxy) is 2. The summed E-state index contributed by atoms with van der Waals surface area (Å²) in [6.07, 6.45) is 50.9. The zero-order valence-electron chi connectivity index (χ0n) is 39.7. The molecule has 0 aromatic rings. The average molecular weight is 891 g/mol. The molecule has 2 unspecified atom stereocenters. The van der Waals surface area contributed by atoms with E-state index in [9.17, 15) is 24.2 Å². The van der Waals surface area contributed by atoms with E-state index in [1.807, 2.05) is 39.4 Å². The summed E-state index contributed by atoms with van der Waals surface area (Å²) in [6, 6.07) is 0. The number of unbranched alkanes of at least 4 members (excludes halogenated alkanes) is 14. The van der Waals surface area contributed by atoms with Crippen LogP contribution in [0.4, 0.5) is 0 Å². The number of aliphatic hydroxyl groups is 1. The number of nitrogens with zero attached hydrogens (tertiary/aromatic N) is 1. The number of carbonyl (C=O) groups is 2. The van der Waals surface area contributed by atoms with Crippen molar-refractivity contribution in [1.82, 2.24) is 0 Å². The molecule has 0 radical (unpaired) electrons. The van der Waals surface area contributed by atoms with Gasteiger partial charge in [0.15, 0.2) is 6.10 Å². The zero-order chi connectivity index (χ0) is 45.8. The number of phosphoric ester groups is 1. The molecule has 0 aromatic carbocycles. The van der Waals surface area contributed by atoms with Crippen LogP contribution in [0.3, 0.4) is 0 Å². The fourth-order valence-corrected chi connectivity index (χ4v) is 6.66. The van der Waals surface area contributed by atoms with Gasteiger partial charge in [-0.15, -0.1) is 0 Å². The van der Waals surface area contributed by atoms with Crippen molar-refractivity contribution in [2.24, 2.45) is 0 Å². The first kappa shape index (κ1) is 59.1. The first-order valence-corrected chi connectivity index (χ1v) is 25.4. The minimum atomic E-state index is -4.42. The number of quaternary nitrogens is 1. The molecule has 10 nitrogen and oxygen atoms in total. The molecule has 0 bridgehead atoms. The summed E-state index contributed by atoms with van der Waals surface area (Å²) in [5.74, 6) is -0.950. The van der Waals surface area contributed by atoms with Gasteiger partial charge in [-0.1, -0.05) is 157 Å². The summed E-state index contributed by atoms with van der Waals surface area (Å²) in [4.78, 5) is 35.4. The summed E-state index contributed by atoms with van der Waals surface area (Å²) in [7, 11) is 1.38. The van der Waals surface area contributed by atoms with E-state index in [1.165, 1.54) is 51.4 Å². The Kier molecular flexibility index (Phi) is 40.2. The largest absolute Gasteiger partial charge is 0.472 e. The Balaban J connectivity index is 4.52. The third kappa shape index (κ3) is 45.2. The molecular formula is C51H89NO9P+. The van der Waals surface area contributed by atoms with Crippen molar-refractivity contribution in [3.05, 3.63) is 85.1 Å². The number of hydrogen-bond donors (Lipinski definition) is 2. The number of carbonyl (C=O) groups excluding carboxylic acids is 2. The van der Waals surface area contributed by atoms with E-state index >= 15 is 0 Å². The highest BCUT2D eigenvalue weighted by Crippen LogP contribution is 2.43. The van der Waals surface area contributed by atoms with Gasteiger partial charge >= 0.3 is 19.8 Å². The fraction of sp³-hybridized carbons (Fsp3) is 0.686. The van der Waals surface area contributed by atoms with E-state index in [1.54, 1.807) is 12.2 Å². The van der Waals surface area contributed by atoms with E-state index in [0.29, 0.717) is 36.7 Å². The molecule has 0 fully saturated rings. The lowest BCUT2D eigenvalue weighted by atomic mass is 10.1. The summed E-state index contributed by atoms with van der Waals surface area (Å²) >= 11 is 0. The molecule has 0 aromatic heterocycles. The number of phosphoric acid groups is 1.